The van der Waals surface area contributed by atoms with Crippen LogP contribution in [0.3, 0.4) is 0 Å². The minimum atomic E-state index is -0.433. The molecule has 2 fully saturated rings. The maximum atomic E-state index is 12.9. The maximum Gasteiger partial charge on any atom is 0.253 e. The number of nitrogens with one attached hydrogen (secondary N) is 1. The molecule has 4 rings (SSSR count). The van der Waals surface area contributed by atoms with Gasteiger partial charge >= 0.3 is 0 Å². The van der Waals surface area contributed by atoms with E-state index >= 15 is 0 Å². The standard InChI is InChI=1S/C25H29N3O4/c1-32-21-9-5-8-19(16-21)25(31)27-14-12-20(13-15-27)28-22(10-11-23(28)29)24(30)26-17-18-6-3-2-4-7-18/h2-9,16,20,22H,10-15,17H2,1H3,(H,26,30). The first-order chi connectivity index (χ1) is 15.6. The van der Waals surface area contributed by atoms with Gasteiger partial charge in [-0.25, -0.2) is 0 Å². The van der Waals surface area contributed by atoms with E-state index < -0.39 is 6.04 Å². The number of amides is 3. The van der Waals surface area contributed by atoms with Crippen molar-refractivity contribution in [2.75, 3.05) is 20.2 Å². The molecule has 0 aliphatic carbocycles. The molecule has 1 N–H and O–H groups in total. The normalized spacial score (nSPS) is 19.2. The van der Waals surface area contributed by atoms with Crippen LogP contribution in [0.1, 0.15) is 41.6 Å². The lowest BCUT2D eigenvalue weighted by Gasteiger charge is -2.39. The number of ether oxygens (including phenoxy) is 1. The smallest absolute Gasteiger partial charge is 0.253 e. The topological polar surface area (TPSA) is 79.0 Å². The lowest BCUT2D eigenvalue weighted by atomic mass is 10.0. The third-order valence-electron chi connectivity index (χ3n) is 6.33. The van der Waals surface area contributed by atoms with Crippen molar-refractivity contribution in [2.24, 2.45) is 0 Å². The van der Waals surface area contributed by atoms with Gasteiger partial charge in [-0.2, -0.15) is 0 Å². The Hall–Kier alpha value is -3.35. The molecule has 3 amide bonds. The van der Waals surface area contributed by atoms with E-state index in [1.165, 1.54) is 0 Å². The molecule has 0 saturated carbocycles. The first-order valence-electron chi connectivity index (χ1n) is 11.1. The van der Waals surface area contributed by atoms with Gasteiger partial charge < -0.3 is 19.9 Å². The Kier molecular flexibility index (Phi) is 6.73. The quantitative estimate of drug-likeness (QED) is 0.757. The second kappa shape index (κ2) is 9.85. The first-order valence-corrected chi connectivity index (χ1v) is 11.1. The lowest BCUT2D eigenvalue weighted by molar-refractivity contribution is -0.138. The summed E-state index contributed by atoms with van der Waals surface area (Å²) in [6.45, 7) is 1.57. The lowest BCUT2D eigenvalue weighted by Crippen LogP contribution is -2.53. The van der Waals surface area contributed by atoms with E-state index in [2.05, 4.69) is 5.32 Å². The van der Waals surface area contributed by atoms with Crippen LogP contribution in [0.5, 0.6) is 5.75 Å². The zero-order valence-corrected chi connectivity index (χ0v) is 18.3. The van der Waals surface area contributed by atoms with Crippen molar-refractivity contribution in [3.05, 3.63) is 65.7 Å². The van der Waals surface area contributed by atoms with Crippen LogP contribution in [-0.4, -0.2) is 59.8 Å². The second-order valence-electron chi connectivity index (χ2n) is 8.31. The van der Waals surface area contributed by atoms with Gasteiger partial charge in [-0.1, -0.05) is 36.4 Å². The molecule has 32 heavy (non-hydrogen) atoms. The zero-order valence-electron chi connectivity index (χ0n) is 18.3. The number of carbonyl (C=O) groups excluding carboxylic acids is 3. The molecule has 0 radical (unpaired) electrons. The average Bonchev–Trinajstić information content (AvgIpc) is 3.24. The number of methoxy groups -OCH3 is 1. The van der Waals surface area contributed by atoms with Crippen LogP contribution in [-0.2, 0) is 16.1 Å². The van der Waals surface area contributed by atoms with Gasteiger partial charge in [0.1, 0.15) is 11.8 Å². The predicted octanol–water partition coefficient (Wildman–Crippen LogP) is 2.61. The monoisotopic (exact) mass is 435 g/mol. The van der Waals surface area contributed by atoms with Gasteiger partial charge in [-0.3, -0.25) is 14.4 Å². The number of rotatable bonds is 6. The van der Waals surface area contributed by atoms with Crippen molar-refractivity contribution >= 4 is 17.7 Å². The highest BCUT2D eigenvalue weighted by Crippen LogP contribution is 2.28. The fraction of sp³-hybridized carbons (Fsp3) is 0.400. The number of nitrogens with zero attached hydrogens (tertiary/aromatic N) is 2. The van der Waals surface area contributed by atoms with Crippen molar-refractivity contribution < 1.29 is 19.1 Å². The molecule has 168 valence electrons. The Morgan fingerprint density at radius 2 is 1.78 bits per heavy atom. The Morgan fingerprint density at radius 3 is 2.50 bits per heavy atom. The summed E-state index contributed by atoms with van der Waals surface area (Å²) in [6.07, 6.45) is 2.28. The molecule has 2 aromatic rings. The molecule has 0 spiro atoms. The van der Waals surface area contributed by atoms with Crippen LogP contribution < -0.4 is 10.1 Å². The summed E-state index contributed by atoms with van der Waals surface area (Å²) in [5.74, 6) is 0.544. The van der Waals surface area contributed by atoms with Gasteiger partial charge in [0.15, 0.2) is 0 Å². The van der Waals surface area contributed by atoms with Crippen LogP contribution >= 0.6 is 0 Å². The number of hydrogen-bond acceptors (Lipinski definition) is 4. The minimum Gasteiger partial charge on any atom is -0.497 e. The summed E-state index contributed by atoms with van der Waals surface area (Å²) in [5, 5.41) is 2.98. The summed E-state index contributed by atoms with van der Waals surface area (Å²) in [6, 6.07) is 16.4. The molecular formula is C25H29N3O4. The number of benzene rings is 2. The van der Waals surface area contributed by atoms with Crippen molar-refractivity contribution in [1.29, 1.82) is 0 Å². The average molecular weight is 436 g/mol. The molecule has 0 aromatic heterocycles. The number of piperidine rings is 1. The molecule has 2 aliphatic rings. The first kappa shape index (κ1) is 21.9. The number of likely N-dealkylation sites (tertiary alicyclic amines) is 2. The molecular weight excluding hydrogens is 406 g/mol. The molecule has 7 nitrogen and oxygen atoms in total. The Balaban J connectivity index is 1.35. The highest BCUT2D eigenvalue weighted by Gasteiger charge is 2.41. The SMILES string of the molecule is COc1cccc(C(=O)N2CCC(N3C(=O)CCC3C(=O)NCc3ccccc3)CC2)c1. The van der Waals surface area contributed by atoms with E-state index in [1.54, 1.807) is 30.2 Å². The fourth-order valence-corrected chi connectivity index (χ4v) is 4.61. The molecule has 2 heterocycles. The predicted molar refractivity (Wildman–Crippen MR) is 120 cm³/mol. The van der Waals surface area contributed by atoms with Crippen LogP contribution in [0.4, 0.5) is 0 Å². The third kappa shape index (κ3) is 4.77. The maximum absolute atomic E-state index is 12.9. The molecule has 1 unspecified atom stereocenters. The van der Waals surface area contributed by atoms with Crippen LogP contribution in [0.2, 0.25) is 0 Å². The van der Waals surface area contributed by atoms with Gasteiger partial charge in [0, 0.05) is 37.7 Å². The number of carbonyl (C=O) groups is 3. The zero-order chi connectivity index (χ0) is 22.5. The molecule has 0 bridgehead atoms. The minimum absolute atomic E-state index is 0.0214. The third-order valence-corrected chi connectivity index (χ3v) is 6.33. The van der Waals surface area contributed by atoms with Gasteiger partial charge in [0.2, 0.25) is 11.8 Å². The van der Waals surface area contributed by atoms with Gasteiger partial charge in [0.25, 0.3) is 5.91 Å². The Labute approximate surface area is 188 Å². The van der Waals surface area contributed by atoms with E-state index in [-0.39, 0.29) is 23.8 Å². The van der Waals surface area contributed by atoms with Crippen LogP contribution in [0.25, 0.3) is 0 Å². The van der Waals surface area contributed by atoms with E-state index in [4.69, 9.17) is 4.74 Å². The Bertz CT molecular complexity index is 970. The van der Waals surface area contributed by atoms with Gasteiger partial charge in [0.05, 0.1) is 7.11 Å². The highest BCUT2D eigenvalue weighted by atomic mass is 16.5. The summed E-state index contributed by atoms with van der Waals surface area (Å²) in [4.78, 5) is 41.9. The van der Waals surface area contributed by atoms with Gasteiger partial charge in [-0.15, -0.1) is 0 Å². The molecule has 1 atom stereocenters. The van der Waals surface area contributed by atoms with Crippen molar-refractivity contribution in [1.82, 2.24) is 15.1 Å². The summed E-state index contributed by atoms with van der Waals surface area (Å²) in [5.41, 5.74) is 1.62. The van der Waals surface area contributed by atoms with E-state index in [0.29, 0.717) is 56.6 Å². The second-order valence-corrected chi connectivity index (χ2v) is 8.31. The molecule has 2 saturated heterocycles. The van der Waals surface area contributed by atoms with E-state index in [9.17, 15) is 14.4 Å². The van der Waals surface area contributed by atoms with Crippen LogP contribution in [0.15, 0.2) is 54.6 Å². The molecule has 2 aromatic carbocycles. The van der Waals surface area contributed by atoms with E-state index in [0.717, 1.165) is 5.56 Å². The van der Waals surface area contributed by atoms with Gasteiger partial charge in [-0.05, 0) is 43.0 Å². The van der Waals surface area contributed by atoms with Crippen molar-refractivity contribution in [2.45, 2.75) is 44.3 Å². The largest absolute Gasteiger partial charge is 0.497 e. The van der Waals surface area contributed by atoms with E-state index in [1.807, 2.05) is 41.3 Å². The summed E-state index contributed by atoms with van der Waals surface area (Å²) in [7, 11) is 1.58. The van der Waals surface area contributed by atoms with Crippen molar-refractivity contribution in [3.8, 4) is 5.75 Å². The van der Waals surface area contributed by atoms with Crippen molar-refractivity contribution in [3.63, 3.8) is 0 Å². The molecule has 2 aliphatic heterocycles. The summed E-state index contributed by atoms with van der Waals surface area (Å²) >= 11 is 0. The summed E-state index contributed by atoms with van der Waals surface area (Å²) < 4.78 is 5.22. The number of hydrogen-bond donors (Lipinski definition) is 1. The van der Waals surface area contributed by atoms with Crippen LogP contribution in [0, 0.1) is 0 Å². The molecule has 7 heteroatoms. The fourth-order valence-electron chi connectivity index (χ4n) is 4.61. The Morgan fingerprint density at radius 1 is 1.03 bits per heavy atom. The highest BCUT2D eigenvalue weighted by molar-refractivity contribution is 5.95.